The maximum absolute atomic E-state index is 6.08. The lowest BCUT2D eigenvalue weighted by Gasteiger charge is -2.30. The zero-order chi connectivity index (χ0) is 13.9. The number of rotatable bonds is 2. The van der Waals surface area contributed by atoms with Crippen LogP contribution in [0.3, 0.4) is 0 Å². The average molecular weight is 269 g/mol. The molecule has 106 valence electrons. The van der Waals surface area contributed by atoms with Gasteiger partial charge in [0.15, 0.2) is 0 Å². The highest BCUT2D eigenvalue weighted by Crippen LogP contribution is 2.33. The standard InChI is InChI=1S/C17H23N3/c1-20(13-6-4-2-3-5-7-13)17-9-8-16(18)14-10-11-19-12-15(14)17/h8-13H,2-7,18H2,1H3. The third-order valence-corrected chi connectivity index (χ3v) is 4.58. The number of benzene rings is 1. The van der Waals surface area contributed by atoms with Crippen LogP contribution in [0.15, 0.2) is 30.6 Å². The fraction of sp³-hybridized carbons (Fsp3) is 0.471. The van der Waals surface area contributed by atoms with Crippen molar-refractivity contribution in [2.75, 3.05) is 17.7 Å². The van der Waals surface area contributed by atoms with Crippen LogP contribution in [-0.2, 0) is 0 Å². The van der Waals surface area contributed by atoms with Crippen LogP contribution in [0.1, 0.15) is 38.5 Å². The number of nitrogen functional groups attached to an aromatic ring is 1. The van der Waals surface area contributed by atoms with E-state index in [9.17, 15) is 0 Å². The number of anilines is 2. The van der Waals surface area contributed by atoms with Crippen molar-refractivity contribution in [3.63, 3.8) is 0 Å². The van der Waals surface area contributed by atoms with Crippen molar-refractivity contribution >= 4 is 22.1 Å². The lowest BCUT2D eigenvalue weighted by Crippen LogP contribution is -2.31. The van der Waals surface area contributed by atoms with Crippen LogP contribution in [0.2, 0.25) is 0 Å². The van der Waals surface area contributed by atoms with Gasteiger partial charge in [0.25, 0.3) is 0 Å². The first kappa shape index (κ1) is 13.2. The fourth-order valence-corrected chi connectivity index (χ4v) is 3.35. The van der Waals surface area contributed by atoms with Crippen molar-refractivity contribution in [1.29, 1.82) is 0 Å². The molecule has 3 rings (SSSR count). The third kappa shape index (κ3) is 2.45. The van der Waals surface area contributed by atoms with Crippen LogP contribution in [0.25, 0.3) is 10.8 Å². The van der Waals surface area contributed by atoms with Crippen LogP contribution in [-0.4, -0.2) is 18.1 Å². The quantitative estimate of drug-likeness (QED) is 0.662. The number of nitrogens with zero attached hydrogens (tertiary/aromatic N) is 2. The minimum absolute atomic E-state index is 0.643. The summed E-state index contributed by atoms with van der Waals surface area (Å²) in [7, 11) is 2.22. The smallest absolute Gasteiger partial charge is 0.0462 e. The second kappa shape index (κ2) is 5.70. The molecule has 0 unspecified atom stereocenters. The van der Waals surface area contributed by atoms with E-state index in [0.29, 0.717) is 6.04 Å². The first-order chi connectivity index (χ1) is 9.77. The number of hydrogen-bond acceptors (Lipinski definition) is 3. The molecule has 1 aromatic carbocycles. The van der Waals surface area contributed by atoms with E-state index in [4.69, 9.17) is 5.73 Å². The Morgan fingerprint density at radius 3 is 2.55 bits per heavy atom. The van der Waals surface area contributed by atoms with Crippen molar-refractivity contribution in [3.8, 4) is 0 Å². The normalized spacial score (nSPS) is 17.1. The number of hydrogen-bond donors (Lipinski definition) is 1. The van der Waals surface area contributed by atoms with Gasteiger partial charge in [-0.25, -0.2) is 0 Å². The maximum Gasteiger partial charge on any atom is 0.0462 e. The van der Waals surface area contributed by atoms with Gasteiger partial charge in [0.05, 0.1) is 0 Å². The molecule has 1 aliphatic carbocycles. The molecule has 0 radical (unpaired) electrons. The SMILES string of the molecule is CN(c1ccc(N)c2ccncc12)C1CCCCCC1. The second-order valence-corrected chi connectivity index (χ2v) is 5.85. The summed E-state index contributed by atoms with van der Waals surface area (Å²) >= 11 is 0. The predicted octanol–water partition coefficient (Wildman–Crippen LogP) is 3.98. The van der Waals surface area contributed by atoms with E-state index in [1.54, 1.807) is 0 Å². The molecule has 2 aromatic rings. The van der Waals surface area contributed by atoms with Crippen molar-refractivity contribution in [2.24, 2.45) is 0 Å². The number of nitrogens with two attached hydrogens (primary N) is 1. The highest BCUT2D eigenvalue weighted by atomic mass is 15.1. The number of fused-ring (bicyclic) bond motifs is 1. The number of aromatic nitrogens is 1. The summed E-state index contributed by atoms with van der Waals surface area (Å²) in [6.07, 6.45) is 11.8. The van der Waals surface area contributed by atoms with Crippen molar-refractivity contribution in [3.05, 3.63) is 30.6 Å². The van der Waals surface area contributed by atoms with Crippen molar-refractivity contribution in [1.82, 2.24) is 4.98 Å². The van der Waals surface area contributed by atoms with E-state index in [2.05, 4.69) is 23.0 Å². The first-order valence-electron chi connectivity index (χ1n) is 7.62. The van der Waals surface area contributed by atoms with Crippen molar-refractivity contribution < 1.29 is 0 Å². The molecule has 0 atom stereocenters. The fourth-order valence-electron chi connectivity index (χ4n) is 3.35. The van der Waals surface area contributed by atoms with E-state index in [0.717, 1.165) is 11.1 Å². The largest absolute Gasteiger partial charge is 0.398 e. The summed E-state index contributed by atoms with van der Waals surface area (Å²) < 4.78 is 0. The van der Waals surface area contributed by atoms with Gasteiger partial charge in [-0.1, -0.05) is 25.7 Å². The molecule has 1 aliphatic rings. The molecule has 0 amide bonds. The lowest BCUT2D eigenvalue weighted by molar-refractivity contribution is 0.554. The van der Waals surface area contributed by atoms with Crippen LogP contribution in [0.4, 0.5) is 11.4 Å². The van der Waals surface area contributed by atoms with Gasteiger partial charge in [-0.05, 0) is 31.0 Å². The Morgan fingerprint density at radius 2 is 1.80 bits per heavy atom. The summed E-state index contributed by atoms with van der Waals surface area (Å²) in [4.78, 5) is 6.72. The van der Waals surface area contributed by atoms with E-state index in [-0.39, 0.29) is 0 Å². The Hall–Kier alpha value is -1.77. The van der Waals surface area contributed by atoms with E-state index in [1.807, 2.05) is 24.5 Å². The van der Waals surface area contributed by atoms with Gasteiger partial charge in [0, 0.05) is 47.6 Å². The molecule has 3 heteroatoms. The highest BCUT2D eigenvalue weighted by Gasteiger charge is 2.19. The molecule has 0 spiro atoms. The zero-order valence-corrected chi connectivity index (χ0v) is 12.2. The molecule has 0 aliphatic heterocycles. The molecular formula is C17H23N3. The van der Waals surface area contributed by atoms with E-state index < -0.39 is 0 Å². The lowest BCUT2D eigenvalue weighted by atomic mass is 10.0. The van der Waals surface area contributed by atoms with Gasteiger partial charge < -0.3 is 10.6 Å². The summed E-state index contributed by atoms with van der Waals surface area (Å²) in [6, 6.07) is 6.81. The molecule has 1 fully saturated rings. The molecule has 1 saturated carbocycles. The number of pyridine rings is 1. The van der Waals surface area contributed by atoms with Crippen LogP contribution >= 0.6 is 0 Å². The topological polar surface area (TPSA) is 42.1 Å². The second-order valence-electron chi connectivity index (χ2n) is 5.85. The van der Waals surface area contributed by atoms with Gasteiger partial charge in [0.1, 0.15) is 0 Å². The third-order valence-electron chi connectivity index (χ3n) is 4.58. The summed E-state index contributed by atoms with van der Waals surface area (Å²) in [5, 5.41) is 2.28. The first-order valence-corrected chi connectivity index (χ1v) is 7.62. The summed E-state index contributed by atoms with van der Waals surface area (Å²) in [6.45, 7) is 0. The van der Waals surface area contributed by atoms with Gasteiger partial charge >= 0.3 is 0 Å². The Balaban J connectivity index is 1.98. The predicted molar refractivity (Wildman–Crippen MR) is 86.0 cm³/mol. The van der Waals surface area contributed by atoms with Gasteiger partial charge in [0.2, 0.25) is 0 Å². The Bertz CT molecular complexity index is 586. The molecule has 3 nitrogen and oxygen atoms in total. The monoisotopic (exact) mass is 269 g/mol. The van der Waals surface area contributed by atoms with E-state index >= 15 is 0 Å². The Labute approximate surface area is 120 Å². The minimum Gasteiger partial charge on any atom is -0.398 e. The minimum atomic E-state index is 0.643. The van der Waals surface area contributed by atoms with Crippen LogP contribution in [0, 0.1) is 0 Å². The maximum atomic E-state index is 6.08. The van der Waals surface area contributed by atoms with E-state index in [1.165, 1.54) is 49.6 Å². The molecule has 1 aromatic heterocycles. The molecule has 0 bridgehead atoms. The molecule has 0 saturated heterocycles. The van der Waals surface area contributed by atoms with Crippen LogP contribution in [0.5, 0.6) is 0 Å². The van der Waals surface area contributed by atoms with Gasteiger partial charge in [-0.3, -0.25) is 4.98 Å². The average Bonchev–Trinajstić information content (AvgIpc) is 2.76. The zero-order valence-electron chi connectivity index (χ0n) is 12.2. The van der Waals surface area contributed by atoms with Crippen LogP contribution < -0.4 is 10.6 Å². The summed E-state index contributed by atoms with van der Waals surface area (Å²) in [5.41, 5.74) is 8.17. The molecule has 2 N–H and O–H groups in total. The van der Waals surface area contributed by atoms with Crippen molar-refractivity contribution in [2.45, 2.75) is 44.6 Å². The highest BCUT2D eigenvalue weighted by molar-refractivity contribution is 6.00. The summed E-state index contributed by atoms with van der Waals surface area (Å²) in [5.74, 6) is 0. The van der Waals surface area contributed by atoms with Gasteiger partial charge in [-0.15, -0.1) is 0 Å². The molecule has 1 heterocycles. The Kier molecular flexibility index (Phi) is 3.77. The molecule has 20 heavy (non-hydrogen) atoms. The van der Waals surface area contributed by atoms with Gasteiger partial charge in [-0.2, -0.15) is 0 Å². The molecular weight excluding hydrogens is 246 g/mol. The Morgan fingerprint density at radius 1 is 1.05 bits per heavy atom.